The van der Waals surface area contributed by atoms with E-state index < -0.39 is 23.1 Å². The lowest BCUT2D eigenvalue weighted by atomic mass is 9.92. The van der Waals surface area contributed by atoms with Crippen LogP contribution in [0.5, 0.6) is 0 Å². The van der Waals surface area contributed by atoms with Gasteiger partial charge in [-0.15, -0.1) is 0 Å². The van der Waals surface area contributed by atoms with Crippen molar-refractivity contribution in [2.24, 2.45) is 5.16 Å². The molecule has 0 aliphatic heterocycles. The summed E-state index contributed by atoms with van der Waals surface area (Å²) in [6, 6.07) is 4.31. The van der Waals surface area contributed by atoms with Gasteiger partial charge in [0.15, 0.2) is 5.82 Å². The number of hydrogen-bond acceptors (Lipinski definition) is 4. The van der Waals surface area contributed by atoms with E-state index in [9.17, 15) is 14.4 Å². The van der Waals surface area contributed by atoms with Gasteiger partial charge >= 0.3 is 6.09 Å². The Morgan fingerprint density at radius 1 is 1.32 bits per heavy atom. The van der Waals surface area contributed by atoms with E-state index in [1.54, 1.807) is 34.6 Å². The lowest BCUT2D eigenvalue weighted by molar-refractivity contribution is 0.0496. The average Bonchev–Trinajstić information content (AvgIpc) is 2.31. The fraction of sp³-hybridized carbons (Fsp3) is 0.467. The van der Waals surface area contributed by atoms with Crippen molar-refractivity contribution in [3.63, 3.8) is 0 Å². The highest BCUT2D eigenvalue weighted by atomic mass is 35.5. The van der Waals surface area contributed by atoms with E-state index in [1.807, 2.05) is 0 Å². The average molecular weight is 331 g/mol. The van der Waals surface area contributed by atoms with Gasteiger partial charge in [0.25, 0.3) is 0 Å². The molecule has 1 rings (SSSR count). The summed E-state index contributed by atoms with van der Waals surface area (Å²) in [7, 11) is 0. The van der Waals surface area contributed by atoms with Crippen molar-refractivity contribution in [3.8, 4) is 0 Å². The molecule has 0 aliphatic rings. The molecule has 22 heavy (non-hydrogen) atoms. The Bertz CT molecular complexity index is 595. The number of halogens is 2. The largest absolute Gasteiger partial charge is 0.444 e. The fourth-order valence-corrected chi connectivity index (χ4v) is 1.99. The van der Waals surface area contributed by atoms with Gasteiger partial charge in [-0.1, -0.05) is 22.8 Å². The number of benzene rings is 1. The van der Waals surface area contributed by atoms with Crippen LogP contribution in [-0.2, 0) is 4.74 Å². The van der Waals surface area contributed by atoms with Crippen LogP contribution in [0, 0.1) is 5.82 Å². The molecule has 1 aromatic carbocycles. The maximum absolute atomic E-state index is 14.1. The topological polar surface area (TPSA) is 70.9 Å². The molecule has 0 saturated carbocycles. The summed E-state index contributed by atoms with van der Waals surface area (Å²) < 4.78 is 19.3. The maximum atomic E-state index is 14.1. The molecule has 0 saturated heterocycles. The second-order valence-electron chi connectivity index (χ2n) is 6.30. The highest BCUT2D eigenvalue weighted by molar-refractivity contribution is 6.31. The van der Waals surface area contributed by atoms with Crippen molar-refractivity contribution >= 4 is 23.4 Å². The molecule has 5 nitrogen and oxygen atoms in total. The zero-order valence-corrected chi connectivity index (χ0v) is 14.0. The van der Waals surface area contributed by atoms with Crippen LogP contribution in [-0.4, -0.2) is 28.2 Å². The minimum absolute atomic E-state index is 0.00365. The number of ether oxygens (including phenoxy) is 1. The Hall–Kier alpha value is -1.82. The van der Waals surface area contributed by atoms with Crippen molar-refractivity contribution in [1.82, 2.24) is 5.32 Å². The predicted molar refractivity (Wildman–Crippen MR) is 83.2 cm³/mol. The number of nitrogens with zero attached hydrogens (tertiary/aromatic N) is 1. The van der Waals surface area contributed by atoms with E-state index in [1.165, 1.54) is 18.2 Å². The van der Waals surface area contributed by atoms with Crippen LogP contribution >= 0.6 is 11.6 Å². The number of oxime groups is 1. The second-order valence-corrected chi connectivity index (χ2v) is 6.71. The monoisotopic (exact) mass is 330 g/mol. The smallest absolute Gasteiger partial charge is 0.408 e. The number of rotatable bonds is 3. The van der Waals surface area contributed by atoms with Gasteiger partial charge < -0.3 is 15.3 Å². The number of amides is 1. The minimum atomic E-state index is -1.18. The first-order valence-corrected chi connectivity index (χ1v) is 7.04. The van der Waals surface area contributed by atoms with Crippen LogP contribution in [0.3, 0.4) is 0 Å². The van der Waals surface area contributed by atoms with Gasteiger partial charge in [0.2, 0.25) is 0 Å². The van der Waals surface area contributed by atoms with Crippen LogP contribution in [0.25, 0.3) is 0 Å². The summed E-state index contributed by atoms with van der Waals surface area (Å²) in [5.41, 5.74) is -1.94. The third-order valence-electron chi connectivity index (χ3n) is 2.71. The zero-order valence-electron chi connectivity index (χ0n) is 13.2. The highest BCUT2D eigenvalue weighted by Gasteiger charge is 2.33. The third kappa shape index (κ3) is 4.59. The molecule has 0 spiro atoms. The van der Waals surface area contributed by atoms with Gasteiger partial charge in [0, 0.05) is 5.56 Å². The van der Waals surface area contributed by atoms with E-state index in [0.717, 1.165) is 0 Å². The van der Waals surface area contributed by atoms with Crippen LogP contribution in [0.15, 0.2) is 23.4 Å². The molecule has 0 aromatic heterocycles. The molecule has 0 bridgehead atoms. The van der Waals surface area contributed by atoms with Gasteiger partial charge in [0.05, 0.1) is 10.6 Å². The molecular formula is C15H20ClFN2O3. The van der Waals surface area contributed by atoms with Crippen LogP contribution in [0.4, 0.5) is 9.18 Å². The molecule has 0 fully saturated rings. The molecule has 122 valence electrons. The molecule has 1 aromatic rings. The fourth-order valence-electron chi connectivity index (χ4n) is 1.82. The van der Waals surface area contributed by atoms with Crippen molar-refractivity contribution in [2.75, 3.05) is 0 Å². The van der Waals surface area contributed by atoms with E-state index in [2.05, 4.69) is 10.5 Å². The molecule has 0 unspecified atom stereocenters. The standard InChI is InChI=1S/C15H20ClFN2O3/c1-14(2,3)22-13(20)18-15(4,5)12(19-21)9-7-6-8-10(16)11(9)17/h6-8,21H,1-5H3,(H,18,20)/b19-12+. The van der Waals surface area contributed by atoms with Crippen molar-refractivity contribution in [2.45, 2.75) is 45.8 Å². The van der Waals surface area contributed by atoms with E-state index in [0.29, 0.717) is 0 Å². The van der Waals surface area contributed by atoms with Gasteiger partial charge in [-0.05, 0) is 46.8 Å². The number of hydrogen-bond donors (Lipinski definition) is 2. The lowest BCUT2D eigenvalue weighted by Crippen LogP contribution is -2.51. The summed E-state index contributed by atoms with van der Waals surface area (Å²) in [5, 5.41) is 14.8. The quantitative estimate of drug-likeness (QED) is 0.500. The molecule has 0 heterocycles. The van der Waals surface area contributed by atoms with Crippen molar-refractivity contribution < 1.29 is 19.1 Å². The lowest BCUT2D eigenvalue weighted by Gasteiger charge is -2.29. The molecule has 2 N–H and O–H groups in total. The Morgan fingerprint density at radius 2 is 1.91 bits per heavy atom. The minimum Gasteiger partial charge on any atom is -0.444 e. The Kier molecular flexibility index (Phi) is 5.40. The first-order chi connectivity index (χ1) is 9.98. The molecule has 0 radical (unpaired) electrons. The first-order valence-electron chi connectivity index (χ1n) is 6.66. The SMILES string of the molecule is CC(C)(C)OC(=O)NC(C)(C)/C(=N/O)c1cccc(Cl)c1F. The van der Waals surface area contributed by atoms with Crippen molar-refractivity contribution in [1.29, 1.82) is 0 Å². The van der Waals surface area contributed by atoms with Crippen molar-refractivity contribution in [3.05, 3.63) is 34.6 Å². The summed E-state index contributed by atoms with van der Waals surface area (Å²) >= 11 is 5.73. The molecule has 0 atom stereocenters. The summed E-state index contributed by atoms with van der Waals surface area (Å²) in [6.07, 6.45) is -0.707. The number of carbonyl (C=O) groups excluding carboxylic acids is 1. The highest BCUT2D eigenvalue weighted by Crippen LogP contribution is 2.23. The van der Waals surface area contributed by atoms with Gasteiger partial charge in [-0.3, -0.25) is 0 Å². The van der Waals surface area contributed by atoms with Crippen LogP contribution < -0.4 is 5.32 Å². The van der Waals surface area contributed by atoms with Crippen LogP contribution in [0.1, 0.15) is 40.2 Å². The predicted octanol–water partition coefficient (Wildman–Crippen LogP) is 3.96. The first kappa shape index (κ1) is 18.2. The normalized spacial score (nSPS) is 13.0. The number of alkyl carbamates (subject to hydrolysis) is 1. The summed E-state index contributed by atoms with van der Waals surface area (Å²) in [6.45, 7) is 8.28. The van der Waals surface area contributed by atoms with Gasteiger partial charge in [-0.25, -0.2) is 9.18 Å². The molecular weight excluding hydrogens is 311 g/mol. The van der Waals surface area contributed by atoms with E-state index in [4.69, 9.17) is 16.3 Å². The summed E-state index contributed by atoms with van der Waals surface area (Å²) in [4.78, 5) is 11.9. The maximum Gasteiger partial charge on any atom is 0.408 e. The molecule has 1 amide bonds. The molecule has 0 aliphatic carbocycles. The number of nitrogens with one attached hydrogen (secondary N) is 1. The third-order valence-corrected chi connectivity index (χ3v) is 3.00. The summed E-state index contributed by atoms with van der Waals surface area (Å²) in [5.74, 6) is -0.726. The Morgan fingerprint density at radius 3 is 2.41 bits per heavy atom. The van der Waals surface area contributed by atoms with Gasteiger partial charge in [0.1, 0.15) is 11.3 Å². The number of carbonyl (C=O) groups is 1. The molecule has 7 heteroatoms. The second kappa shape index (κ2) is 6.52. The van der Waals surface area contributed by atoms with E-state index in [-0.39, 0.29) is 16.3 Å². The van der Waals surface area contributed by atoms with Gasteiger partial charge in [-0.2, -0.15) is 0 Å². The van der Waals surface area contributed by atoms with Crippen LogP contribution in [0.2, 0.25) is 5.02 Å². The van der Waals surface area contributed by atoms with E-state index >= 15 is 0 Å². The Balaban J connectivity index is 3.08. The zero-order chi connectivity index (χ0) is 17.1. The Labute approximate surface area is 134 Å².